The van der Waals surface area contributed by atoms with Crippen molar-refractivity contribution >= 4 is 24.4 Å². The molecule has 0 amide bonds. The molecule has 62 valence electrons. The van der Waals surface area contributed by atoms with Crippen LogP contribution in [0, 0.1) is 4.64 Å². The normalized spacial score (nSPS) is 13.3. The predicted molar refractivity (Wildman–Crippen MR) is 54.6 cm³/mol. The average molecular weight is 178 g/mol. The van der Waals surface area contributed by atoms with Crippen molar-refractivity contribution in [3.8, 4) is 0 Å². The molecule has 0 atom stereocenters. The van der Waals surface area contributed by atoms with E-state index in [4.69, 9.17) is 12.2 Å². The number of rotatable bonds is 2. The van der Waals surface area contributed by atoms with Crippen molar-refractivity contribution in [3.63, 3.8) is 0 Å². The van der Waals surface area contributed by atoms with Crippen molar-refractivity contribution in [3.05, 3.63) is 40.5 Å². The third-order valence-electron chi connectivity index (χ3n) is 1.41. The summed E-state index contributed by atoms with van der Waals surface area (Å²) in [4.78, 5) is 0. The first kappa shape index (κ1) is 8.74. The van der Waals surface area contributed by atoms with E-state index in [1.54, 1.807) is 12.2 Å². The van der Waals surface area contributed by atoms with E-state index < -0.39 is 0 Å². The van der Waals surface area contributed by atoms with Gasteiger partial charge in [0.05, 0.1) is 5.35 Å². The third-order valence-corrected chi connectivity index (χ3v) is 1.74. The van der Waals surface area contributed by atoms with Crippen LogP contribution in [0.15, 0.2) is 25.3 Å². The maximum Gasteiger partial charge on any atom is 0.127 e. The zero-order chi connectivity index (χ0) is 8.97. The van der Waals surface area contributed by atoms with Gasteiger partial charge in [-0.15, -0.1) is 0 Å². The monoisotopic (exact) mass is 178 g/mol. The van der Waals surface area contributed by atoms with Gasteiger partial charge in [0.2, 0.25) is 0 Å². The maximum atomic E-state index is 5.03. The molecule has 0 aliphatic rings. The summed E-state index contributed by atoms with van der Waals surface area (Å²) >= 11 is 5.03. The van der Waals surface area contributed by atoms with Crippen LogP contribution in [-0.4, -0.2) is 10.2 Å². The highest BCUT2D eigenvalue weighted by Crippen LogP contribution is 1.70. The van der Waals surface area contributed by atoms with Crippen LogP contribution < -0.4 is 10.6 Å². The molecule has 1 heterocycles. The highest BCUT2D eigenvalue weighted by molar-refractivity contribution is 7.71. The summed E-state index contributed by atoms with van der Waals surface area (Å²) in [6.45, 7) is 7.21. The van der Waals surface area contributed by atoms with Crippen molar-refractivity contribution in [2.75, 3.05) is 0 Å². The predicted octanol–water partition coefficient (Wildman–Crippen LogP) is 1.01. The van der Waals surface area contributed by atoms with Crippen LogP contribution in [0.3, 0.4) is 0 Å². The van der Waals surface area contributed by atoms with E-state index in [0.717, 1.165) is 10.6 Å². The molecule has 0 radical (unpaired) electrons. The van der Waals surface area contributed by atoms with Gasteiger partial charge in [-0.2, -0.15) is 0 Å². The van der Waals surface area contributed by atoms with Gasteiger partial charge in [-0.25, -0.2) is 0 Å². The Hall–Kier alpha value is -1.35. The van der Waals surface area contributed by atoms with Crippen molar-refractivity contribution in [1.29, 1.82) is 0 Å². The topological polar surface area (TPSA) is 31.6 Å². The Kier molecular flexibility index (Phi) is 2.82. The molecule has 0 saturated heterocycles. The molecule has 0 aromatic carbocycles. The van der Waals surface area contributed by atoms with Gasteiger partial charge in [0.1, 0.15) is 4.64 Å². The fraction of sp³-hybridized carbons (Fsp3) is 0. The second kappa shape index (κ2) is 3.88. The molecule has 0 spiro atoms. The second-order valence-electron chi connectivity index (χ2n) is 2.21. The first-order valence-corrected chi connectivity index (χ1v) is 3.92. The van der Waals surface area contributed by atoms with Crippen molar-refractivity contribution < 1.29 is 0 Å². The quantitative estimate of drug-likeness (QED) is 0.651. The maximum absolute atomic E-state index is 5.03. The highest BCUT2D eigenvalue weighted by Gasteiger charge is 1.86. The number of hydrogen-bond acceptors (Lipinski definition) is 1. The first-order chi connectivity index (χ1) is 5.79. The molecule has 0 unspecified atom stereocenters. The van der Waals surface area contributed by atoms with E-state index in [9.17, 15) is 0 Å². The molecule has 2 N–H and O–H groups in total. The molecule has 3 heteroatoms. The minimum atomic E-state index is 0.683. The van der Waals surface area contributed by atoms with Crippen LogP contribution in [0.4, 0.5) is 0 Å². The molecular weight excluding hydrogens is 168 g/mol. The van der Waals surface area contributed by atoms with Gasteiger partial charge in [0.25, 0.3) is 0 Å². The highest BCUT2D eigenvalue weighted by atomic mass is 32.1. The smallest absolute Gasteiger partial charge is 0.127 e. The van der Waals surface area contributed by atoms with Crippen molar-refractivity contribution in [2.24, 2.45) is 0 Å². The Morgan fingerprint density at radius 3 is 2.33 bits per heavy atom. The molecule has 1 aromatic rings. The van der Waals surface area contributed by atoms with E-state index in [1.807, 2.05) is 12.2 Å². The molecule has 0 bridgehead atoms. The molecular formula is C9H10N2S. The zero-order valence-corrected chi connectivity index (χ0v) is 7.45. The van der Waals surface area contributed by atoms with E-state index >= 15 is 0 Å². The van der Waals surface area contributed by atoms with Crippen LogP contribution in [0.5, 0.6) is 0 Å². The van der Waals surface area contributed by atoms with E-state index in [0.29, 0.717) is 4.64 Å². The van der Waals surface area contributed by atoms with Crippen molar-refractivity contribution in [2.45, 2.75) is 0 Å². The summed E-state index contributed by atoms with van der Waals surface area (Å²) in [5.74, 6) is 0. The summed E-state index contributed by atoms with van der Waals surface area (Å²) in [7, 11) is 0. The molecule has 0 fully saturated rings. The lowest BCUT2D eigenvalue weighted by Crippen LogP contribution is -2.22. The number of hydrogen-bond donors (Lipinski definition) is 2. The van der Waals surface area contributed by atoms with Gasteiger partial charge in [0, 0.05) is 5.22 Å². The lowest BCUT2D eigenvalue weighted by atomic mass is 10.3. The van der Waals surface area contributed by atoms with Crippen LogP contribution in [0.25, 0.3) is 12.2 Å². The molecule has 1 aromatic heterocycles. The van der Waals surface area contributed by atoms with Gasteiger partial charge in [0.15, 0.2) is 0 Å². The Bertz CT molecular complexity index is 448. The Labute approximate surface area is 75.6 Å². The van der Waals surface area contributed by atoms with Crippen LogP contribution in [0.2, 0.25) is 0 Å². The Balaban J connectivity index is 3.63. The van der Waals surface area contributed by atoms with Gasteiger partial charge < -0.3 is 0 Å². The number of aromatic amines is 2. The van der Waals surface area contributed by atoms with Crippen LogP contribution >= 0.6 is 12.2 Å². The van der Waals surface area contributed by atoms with Crippen molar-refractivity contribution in [1.82, 2.24) is 10.2 Å². The fourth-order valence-corrected chi connectivity index (χ4v) is 1.14. The number of allylic oxidation sites excluding steroid dienone is 2. The lowest BCUT2D eigenvalue weighted by Gasteiger charge is -1.73. The van der Waals surface area contributed by atoms with E-state index in [-0.39, 0.29) is 0 Å². The second-order valence-corrected chi connectivity index (χ2v) is 2.62. The SMILES string of the molecule is C=C/C=c1/[nH][nH]c(=S)/c1=C/C=C. The third kappa shape index (κ3) is 1.62. The molecule has 1 rings (SSSR count). The zero-order valence-electron chi connectivity index (χ0n) is 6.63. The molecule has 0 aliphatic carbocycles. The van der Waals surface area contributed by atoms with Gasteiger partial charge >= 0.3 is 0 Å². The molecule has 0 aliphatic heterocycles. The molecule has 0 saturated carbocycles. The standard InChI is InChI=1S/C9H10N2S/c1-3-5-7-8(6-4-2)10-11-9(7)12/h3-6,10H,1-2H2,(H,11,12)/b7-5+,8-6+. The van der Waals surface area contributed by atoms with Gasteiger partial charge in [-0.05, 0) is 6.08 Å². The largest absolute Gasteiger partial charge is 0.299 e. The average Bonchev–Trinajstić information content (AvgIpc) is 2.37. The van der Waals surface area contributed by atoms with Gasteiger partial charge in [-0.3, -0.25) is 10.2 Å². The molecule has 12 heavy (non-hydrogen) atoms. The minimum Gasteiger partial charge on any atom is -0.299 e. The minimum absolute atomic E-state index is 0.683. The molecule has 2 nitrogen and oxygen atoms in total. The first-order valence-electron chi connectivity index (χ1n) is 3.51. The summed E-state index contributed by atoms with van der Waals surface area (Å²) in [5, 5.41) is 7.63. The number of nitrogens with one attached hydrogen (secondary N) is 2. The van der Waals surface area contributed by atoms with E-state index in [2.05, 4.69) is 23.4 Å². The lowest BCUT2D eigenvalue weighted by molar-refractivity contribution is 1.05. The number of H-pyrrole nitrogens is 2. The van der Waals surface area contributed by atoms with Crippen LogP contribution in [-0.2, 0) is 0 Å². The fourth-order valence-electron chi connectivity index (χ4n) is 0.914. The van der Waals surface area contributed by atoms with E-state index in [1.165, 1.54) is 0 Å². The summed E-state index contributed by atoms with van der Waals surface area (Å²) in [5.41, 5.74) is 0. The summed E-state index contributed by atoms with van der Waals surface area (Å²) in [6, 6.07) is 0. The van der Waals surface area contributed by atoms with Gasteiger partial charge in [-0.1, -0.05) is 43.6 Å². The summed E-state index contributed by atoms with van der Waals surface area (Å²) in [6.07, 6.45) is 7.11. The summed E-state index contributed by atoms with van der Waals surface area (Å²) < 4.78 is 0.683. The Morgan fingerprint density at radius 1 is 1.08 bits per heavy atom. The van der Waals surface area contributed by atoms with Crippen LogP contribution in [0.1, 0.15) is 0 Å². The number of aromatic nitrogens is 2. The Morgan fingerprint density at radius 2 is 1.75 bits per heavy atom.